The molecule has 0 aliphatic carbocycles. The van der Waals surface area contributed by atoms with E-state index in [9.17, 15) is 18.0 Å². The van der Waals surface area contributed by atoms with Gasteiger partial charge in [-0.1, -0.05) is 12.1 Å². The highest BCUT2D eigenvalue weighted by molar-refractivity contribution is 7.89. The Labute approximate surface area is 174 Å². The van der Waals surface area contributed by atoms with E-state index in [0.717, 1.165) is 5.56 Å². The average Bonchev–Trinajstić information content (AvgIpc) is 3.22. The van der Waals surface area contributed by atoms with Crippen molar-refractivity contribution < 1.29 is 22.4 Å². The molecule has 30 heavy (non-hydrogen) atoms. The lowest BCUT2D eigenvalue weighted by molar-refractivity contribution is -0.116. The van der Waals surface area contributed by atoms with E-state index in [4.69, 9.17) is 4.42 Å². The summed E-state index contributed by atoms with van der Waals surface area (Å²) in [6.07, 6.45) is 1.61. The maximum atomic E-state index is 12.3. The molecule has 3 rings (SSSR count). The van der Waals surface area contributed by atoms with Crippen LogP contribution in [0.2, 0.25) is 0 Å². The van der Waals surface area contributed by atoms with Crippen molar-refractivity contribution in [3.8, 4) is 0 Å². The Morgan fingerprint density at radius 1 is 0.900 bits per heavy atom. The lowest BCUT2D eigenvalue weighted by Crippen LogP contribution is -2.23. The van der Waals surface area contributed by atoms with Crippen LogP contribution in [0.1, 0.15) is 18.2 Å². The second-order valence-electron chi connectivity index (χ2n) is 6.53. The van der Waals surface area contributed by atoms with Crippen LogP contribution in [0.15, 0.2) is 76.2 Å². The van der Waals surface area contributed by atoms with E-state index in [1.54, 1.807) is 36.4 Å². The topological polar surface area (TPSA) is 118 Å². The lowest BCUT2D eigenvalue weighted by atomic mass is 10.1. The second kappa shape index (κ2) is 9.38. The van der Waals surface area contributed by atoms with Gasteiger partial charge >= 0.3 is 0 Å². The molecule has 9 heteroatoms. The molecule has 1 heterocycles. The first-order valence-electron chi connectivity index (χ1n) is 9.10. The van der Waals surface area contributed by atoms with E-state index in [1.165, 1.54) is 37.5 Å². The fraction of sp³-hybridized carbons (Fsp3) is 0.143. The molecule has 1 aromatic heterocycles. The smallest absolute Gasteiger partial charge is 0.240 e. The van der Waals surface area contributed by atoms with Crippen molar-refractivity contribution in [2.24, 2.45) is 0 Å². The molecule has 0 saturated heterocycles. The van der Waals surface area contributed by atoms with Gasteiger partial charge in [0.05, 0.1) is 24.1 Å². The third-order valence-electron chi connectivity index (χ3n) is 4.10. The van der Waals surface area contributed by atoms with Gasteiger partial charge in [-0.25, -0.2) is 13.1 Å². The predicted octanol–water partition coefficient (Wildman–Crippen LogP) is 2.90. The molecule has 2 aromatic carbocycles. The quantitative estimate of drug-likeness (QED) is 0.511. The van der Waals surface area contributed by atoms with E-state index in [-0.39, 0.29) is 29.7 Å². The molecule has 156 valence electrons. The Morgan fingerprint density at radius 3 is 2.13 bits per heavy atom. The monoisotopic (exact) mass is 427 g/mol. The molecule has 8 nitrogen and oxygen atoms in total. The van der Waals surface area contributed by atoms with Crippen LogP contribution in [0, 0.1) is 0 Å². The van der Waals surface area contributed by atoms with Crippen LogP contribution in [0.4, 0.5) is 11.4 Å². The van der Waals surface area contributed by atoms with Gasteiger partial charge in [0.15, 0.2) is 0 Å². The summed E-state index contributed by atoms with van der Waals surface area (Å²) in [6, 6.07) is 16.2. The van der Waals surface area contributed by atoms with Gasteiger partial charge in [0, 0.05) is 18.3 Å². The largest absolute Gasteiger partial charge is 0.468 e. The lowest BCUT2D eigenvalue weighted by Gasteiger charge is -2.09. The van der Waals surface area contributed by atoms with Gasteiger partial charge in [-0.15, -0.1) is 0 Å². The number of hydrogen-bond donors (Lipinski definition) is 3. The first kappa shape index (κ1) is 21.3. The zero-order chi connectivity index (χ0) is 21.6. The molecule has 0 radical (unpaired) electrons. The molecule has 0 atom stereocenters. The van der Waals surface area contributed by atoms with Crippen molar-refractivity contribution >= 4 is 33.2 Å². The summed E-state index contributed by atoms with van der Waals surface area (Å²) in [7, 11) is -3.70. The van der Waals surface area contributed by atoms with Crippen LogP contribution >= 0.6 is 0 Å². The Morgan fingerprint density at radius 2 is 1.53 bits per heavy atom. The van der Waals surface area contributed by atoms with E-state index >= 15 is 0 Å². The molecule has 0 unspecified atom stereocenters. The number of sulfonamides is 1. The highest BCUT2D eigenvalue weighted by Crippen LogP contribution is 2.16. The van der Waals surface area contributed by atoms with Crippen molar-refractivity contribution in [2.75, 3.05) is 10.6 Å². The summed E-state index contributed by atoms with van der Waals surface area (Å²) in [5.41, 5.74) is 1.92. The zero-order valence-corrected chi connectivity index (χ0v) is 17.0. The van der Waals surface area contributed by atoms with Crippen LogP contribution in [-0.2, 0) is 32.6 Å². The fourth-order valence-corrected chi connectivity index (χ4v) is 3.67. The third-order valence-corrected chi connectivity index (χ3v) is 5.52. The van der Waals surface area contributed by atoms with Crippen molar-refractivity contribution in [1.82, 2.24) is 4.72 Å². The fourth-order valence-electron chi connectivity index (χ4n) is 2.68. The molecule has 2 amide bonds. The number of carbonyl (C=O) groups excluding carboxylic acids is 2. The normalized spacial score (nSPS) is 11.1. The molecule has 3 N–H and O–H groups in total. The minimum absolute atomic E-state index is 0.0501. The molecule has 0 spiro atoms. The first-order valence-corrected chi connectivity index (χ1v) is 10.6. The van der Waals surface area contributed by atoms with Gasteiger partial charge < -0.3 is 15.1 Å². The second-order valence-corrected chi connectivity index (χ2v) is 8.30. The zero-order valence-electron chi connectivity index (χ0n) is 16.2. The molecule has 3 aromatic rings. The number of anilines is 2. The van der Waals surface area contributed by atoms with Crippen molar-refractivity contribution in [3.05, 3.63) is 78.3 Å². The number of rotatable bonds is 8. The number of amides is 2. The van der Waals surface area contributed by atoms with Crippen LogP contribution in [0.3, 0.4) is 0 Å². The van der Waals surface area contributed by atoms with Crippen LogP contribution in [0.5, 0.6) is 0 Å². The van der Waals surface area contributed by atoms with Crippen molar-refractivity contribution in [1.29, 1.82) is 0 Å². The summed E-state index contributed by atoms with van der Waals surface area (Å²) in [6.45, 7) is 1.47. The first-order chi connectivity index (χ1) is 14.3. The molecule has 0 saturated carbocycles. The Bertz CT molecular complexity index is 1110. The summed E-state index contributed by atoms with van der Waals surface area (Å²) >= 11 is 0. The Balaban J connectivity index is 1.55. The minimum Gasteiger partial charge on any atom is -0.468 e. The van der Waals surface area contributed by atoms with E-state index in [2.05, 4.69) is 15.4 Å². The van der Waals surface area contributed by atoms with Gasteiger partial charge in [-0.2, -0.15) is 0 Å². The van der Waals surface area contributed by atoms with Gasteiger partial charge in [0.1, 0.15) is 5.76 Å². The highest BCUT2D eigenvalue weighted by Gasteiger charge is 2.14. The van der Waals surface area contributed by atoms with Crippen molar-refractivity contribution in [2.45, 2.75) is 24.8 Å². The van der Waals surface area contributed by atoms with E-state index in [0.29, 0.717) is 17.1 Å². The van der Waals surface area contributed by atoms with Crippen LogP contribution in [-0.4, -0.2) is 20.2 Å². The number of furan rings is 1. The Hall–Kier alpha value is -3.43. The number of hydrogen-bond acceptors (Lipinski definition) is 5. The average molecular weight is 427 g/mol. The van der Waals surface area contributed by atoms with E-state index in [1.807, 2.05) is 0 Å². The summed E-state index contributed by atoms with van der Waals surface area (Å²) < 4.78 is 32.2. The van der Waals surface area contributed by atoms with Gasteiger partial charge in [-0.05, 0) is 54.1 Å². The SMILES string of the molecule is CC(=O)Nc1ccc(CC(=O)Nc2ccc(S(=O)(=O)NCc3ccco3)cc2)cc1. The predicted molar refractivity (Wildman–Crippen MR) is 112 cm³/mol. The van der Waals surface area contributed by atoms with Gasteiger partial charge in [0.2, 0.25) is 21.8 Å². The van der Waals surface area contributed by atoms with E-state index < -0.39 is 10.0 Å². The maximum absolute atomic E-state index is 12.3. The molecule has 0 bridgehead atoms. The molecule has 0 aliphatic heterocycles. The molecular weight excluding hydrogens is 406 g/mol. The van der Waals surface area contributed by atoms with Crippen molar-refractivity contribution in [3.63, 3.8) is 0 Å². The summed E-state index contributed by atoms with van der Waals surface area (Å²) in [5, 5.41) is 5.39. The molecule has 0 aliphatic rings. The number of carbonyl (C=O) groups is 2. The summed E-state index contributed by atoms with van der Waals surface area (Å²) in [5.74, 6) is 0.100. The standard InChI is InChI=1S/C21H21N3O5S/c1-15(25)23-17-6-4-16(5-7-17)13-21(26)24-18-8-10-20(11-9-18)30(27,28)22-14-19-3-2-12-29-19/h2-12,22H,13-14H2,1H3,(H,23,25)(H,24,26). The molecular formula is C21H21N3O5S. The van der Waals surface area contributed by atoms with Crippen LogP contribution in [0.25, 0.3) is 0 Å². The van der Waals surface area contributed by atoms with Crippen LogP contribution < -0.4 is 15.4 Å². The number of nitrogens with one attached hydrogen (secondary N) is 3. The van der Waals surface area contributed by atoms with Gasteiger partial charge in [0.25, 0.3) is 0 Å². The summed E-state index contributed by atoms with van der Waals surface area (Å²) in [4.78, 5) is 23.4. The molecule has 0 fully saturated rings. The highest BCUT2D eigenvalue weighted by atomic mass is 32.2. The Kier molecular flexibility index (Phi) is 6.65. The minimum atomic E-state index is -3.70. The number of benzene rings is 2. The maximum Gasteiger partial charge on any atom is 0.240 e. The van der Waals surface area contributed by atoms with Gasteiger partial charge in [-0.3, -0.25) is 9.59 Å². The third kappa shape index (κ3) is 6.03.